The lowest BCUT2D eigenvalue weighted by molar-refractivity contribution is -0.113. The number of aryl methyl sites for hydroxylation is 1. The number of hydrogen-bond donors (Lipinski definition) is 1. The molecule has 1 aliphatic carbocycles. The molecule has 0 spiro atoms. The SMILES string of the molecule is Cc1ccc(SCC(=O)Nc2ccnn2C(C)C2CC2)cc1. The second-order valence-electron chi connectivity index (χ2n) is 5.89. The van der Waals surface area contributed by atoms with Crippen molar-refractivity contribution in [1.29, 1.82) is 0 Å². The van der Waals surface area contributed by atoms with Crippen molar-refractivity contribution in [1.82, 2.24) is 9.78 Å². The van der Waals surface area contributed by atoms with Crippen molar-refractivity contribution in [3.63, 3.8) is 0 Å². The van der Waals surface area contributed by atoms with Crippen molar-refractivity contribution in [3.05, 3.63) is 42.1 Å². The highest BCUT2D eigenvalue weighted by Gasteiger charge is 2.30. The molecule has 1 unspecified atom stereocenters. The first-order valence-corrected chi connectivity index (χ1v) is 8.65. The van der Waals surface area contributed by atoms with Gasteiger partial charge in [0.15, 0.2) is 0 Å². The number of thioether (sulfide) groups is 1. The third-order valence-corrected chi connectivity index (χ3v) is 5.03. The molecule has 0 bridgehead atoms. The zero-order chi connectivity index (χ0) is 15.5. The molecule has 5 heteroatoms. The molecule has 0 saturated heterocycles. The van der Waals surface area contributed by atoms with Gasteiger partial charge < -0.3 is 5.32 Å². The summed E-state index contributed by atoms with van der Waals surface area (Å²) >= 11 is 1.55. The van der Waals surface area contributed by atoms with Crippen molar-refractivity contribution in [2.75, 3.05) is 11.1 Å². The first-order chi connectivity index (χ1) is 10.6. The first-order valence-electron chi connectivity index (χ1n) is 7.66. The van der Waals surface area contributed by atoms with E-state index in [-0.39, 0.29) is 5.91 Å². The zero-order valence-corrected chi connectivity index (χ0v) is 13.8. The fourth-order valence-electron chi connectivity index (χ4n) is 2.48. The van der Waals surface area contributed by atoms with Gasteiger partial charge in [-0.25, -0.2) is 4.68 Å². The molecule has 0 radical (unpaired) electrons. The number of rotatable bonds is 6. The van der Waals surface area contributed by atoms with Gasteiger partial charge in [-0.2, -0.15) is 5.10 Å². The van der Waals surface area contributed by atoms with Crippen LogP contribution in [0.3, 0.4) is 0 Å². The summed E-state index contributed by atoms with van der Waals surface area (Å²) < 4.78 is 1.94. The van der Waals surface area contributed by atoms with Gasteiger partial charge in [0, 0.05) is 11.0 Å². The van der Waals surface area contributed by atoms with Gasteiger partial charge in [-0.3, -0.25) is 4.79 Å². The Hall–Kier alpha value is -1.75. The Morgan fingerprint density at radius 1 is 1.36 bits per heavy atom. The third-order valence-electron chi connectivity index (χ3n) is 4.02. The van der Waals surface area contributed by atoms with Crippen LogP contribution in [-0.4, -0.2) is 21.4 Å². The Morgan fingerprint density at radius 2 is 2.09 bits per heavy atom. The van der Waals surface area contributed by atoms with Crippen LogP contribution in [-0.2, 0) is 4.79 Å². The van der Waals surface area contributed by atoms with Crippen molar-refractivity contribution in [2.24, 2.45) is 5.92 Å². The number of aromatic nitrogens is 2. The predicted molar refractivity (Wildman–Crippen MR) is 90.2 cm³/mol. The highest BCUT2D eigenvalue weighted by molar-refractivity contribution is 8.00. The maximum Gasteiger partial charge on any atom is 0.235 e. The molecule has 1 aliphatic rings. The lowest BCUT2D eigenvalue weighted by Gasteiger charge is -2.15. The van der Waals surface area contributed by atoms with Gasteiger partial charge in [-0.15, -0.1) is 11.8 Å². The Balaban J connectivity index is 1.55. The average molecular weight is 315 g/mol. The van der Waals surface area contributed by atoms with Crippen molar-refractivity contribution in [3.8, 4) is 0 Å². The van der Waals surface area contributed by atoms with E-state index < -0.39 is 0 Å². The van der Waals surface area contributed by atoms with Crippen LogP contribution in [0.25, 0.3) is 0 Å². The Bertz CT molecular complexity index is 646. The molecule has 22 heavy (non-hydrogen) atoms. The summed E-state index contributed by atoms with van der Waals surface area (Å²) in [5.41, 5.74) is 1.23. The second-order valence-corrected chi connectivity index (χ2v) is 6.94. The summed E-state index contributed by atoms with van der Waals surface area (Å²) in [7, 11) is 0. The smallest absolute Gasteiger partial charge is 0.235 e. The van der Waals surface area contributed by atoms with Crippen LogP contribution in [0.1, 0.15) is 31.4 Å². The Kier molecular flexibility index (Phi) is 4.52. The number of benzene rings is 1. The third kappa shape index (κ3) is 3.71. The van der Waals surface area contributed by atoms with Gasteiger partial charge in [0.25, 0.3) is 0 Å². The summed E-state index contributed by atoms with van der Waals surface area (Å²) in [6.07, 6.45) is 4.27. The topological polar surface area (TPSA) is 46.9 Å². The van der Waals surface area contributed by atoms with Gasteiger partial charge in [-0.05, 0) is 44.7 Å². The number of nitrogens with one attached hydrogen (secondary N) is 1. The van der Waals surface area contributed by atoms with E-state index in [0.717, 1.165) is 10.7 Å². The highest BCUT2D eigenvalue weighted by atomic mass is 32.2. The summed E-state index contributed by atoms with van der Waals surface area (Å²) in [6.45, 7) is 4.23. The number of anilines is 1. The molecule has 3 rings (SSSR count). The fourth-order valence-corrected chi connectivity index (χ4v) is 3.18. The van der Waals surface area contributed by atoms with E-state index >= 15 is 0 Å². The molecule has 0 aliphatic heterocycles. The van der Waals surface area contributed by atoms with Gasteiger partial charge in [0.05, 0.1) is 18.0 Å². The number of carbonyl (C=O) groups excluding carboxylic acids is 1. The maximum atomic E-state index is 12.1. The summed E-state index contributed by atoms with van der Waals surface area (Å²) in [5.74, 6) is 1.92. The monoisotopic (exact) mass is 315 g/mol. The molecule has 2 aromatic rings. The minimum absolute atomic E-state index is 0.00956. The number of hydrogen-bond acceptors (Lipinski definition) is 3. The number of nitrogens with zero attached hydrogens (tertiary/aromatic N) is 2. The molecule has 1 atom stereocenters. The van der Waals surface area contributed by atoms with E-state index in [9.17, 15) is 4.79 Å². The fraction of sp³-hybridized carbons (Fsp3) is 0.412. The van der Waals surface area contributed by atoms with E-state index in [2.05, 4.69) is 36.4 Å². The van der Waals surface area contributed by atoms with Crippen LogP contribution in [0.4, 0.5) is 5.82 Å². The molecule has 1 saturated carbocycles. The molecular formula is C17H21N3OS. The number of amides is 1. The van der Waals surface area contributed by atoms with Gasteiger partial charge >= 0.3 is 0 Å². The van der Waals surface area contributed by atoms with Crippen LogP contribution in [0.15, 0.2) is 41.4 Å². The molecule has 1 N–H and O–H groups in total. The molecule has 1 fully saturated rings. The minimum atomic E-state index is 0.00956. The van der Waals surface area contributed by atoms with Crippen LogP contribution in [0.5, 0.6) is 0 Å². The van der Waals surface area contributed by atoms with Gasteiger partial charge in [-0.1, -0.05) is 17.7 Å². The Morgan fingerprint density at radius 3 is 2.77 bits per heavy atom. The summed E-state index contributed by atoms with van der Waals surface area (Å²) in [6, 6.07) is 10.4. The minimum Gasteiger partial charge on any atom is -0.310 e. The lowest BCUT2D eigenvalue weighted by atomic mass is 10.2. The van der Waals surface area contributed by atoms with E-state index in [1.807, 2.05) is 22.9 Å². The van der Waals surface area contributed by atoms with Crippen molar-refractivity contribution in [2.45, 2.75) is 37.6 Å². The zero-order valence-electron chi connectivity index (χ0n) is 13.0. The average Bonchev–Trinajstić information content (AvgIpc) is 3.26. The maximum absolute atomic E-state index is 12.1. The van der Waals surface area contributed by atoms with E-state index in [0.29, 0.717) is 17.7 Å². The van der Waals surface area contributed by atoms with Crippen molar-refractivity contribution >= 4 is 23.5 Å². The van der Waals surface area contributed by atoms with E-state index in [4.69, 9.17) is 0 Å². The lowest BCUT2D eigenvalue weighted by Crippen LogP contribution is -2.19. The van der Waals surface area contributed by atoms with Crippen molar-refractivity contribution < 1.29 is 4.79 Å². The Labute approximate surface area is 135 Å². The molecule has 1 aromatic carbocycles. The van der Waals surface area contributed by atoms with E-state index in [1.165, 1.54) is 18.4 Å². The van der Waals surface area contributed by atoms with Crippen LogP contribution >= 0.6 is 11.8 Å². The predicted octanol–water partition coefficient (Wildman–Crippen LogP) is 3.89. The molecule has 116 valence electrons. The molecule has 1 heterocycles. The summed E-state index contributed by atoms with van der Waals surface area (Å²) in [5, 5.41) is 7.33. The summed E-state index contributed by atoms with van der Waals surface area (Å²) in [4.78, 5) is 13.2. The van der Waals surface area contributed by atoms with E-state index in [1.54, 1.807) is 18.0 Å². The standard InChI is InChI=1S/C17H21N3OS/c1-12-3-7-15(8-4-12)22-11-17(21)19-16-9-10-18-20(16)13(2)14-5-6-14/h3-4,7-10,13-14H,5-6,11H2,1-2H3,(H,19,21). The first kappa shape index (κ1) is 15.2. The van der Waals surface area contributed by atoms with Crippen LogP contribution < -0.4 is 5.32 Å². The molecule has 1 amide bonds. The second kappa shape index (κ2) is 6.57. The number of carbonyl (C=O) groups is 1. The molecule has 4 nitrogen and oxygen atoms in total. The quantitative estimate of drug-likeness (QED) is 0.823. The molecular weight excluding hydrogens is 294 g/mol. The molecule has 1 aromatic heterocycles. The highest BCUT2D eigenvalue weighted by Crippen LogP contribution is 2.40. The van der Waals surface area contributed by atoms with Crippen LogP contribution in [0, 0.1) is 12.8 Å². The van der Waals surface area contributed by atoms with Crippen LogP contribution in [0.2, 0.25) is 0 Å². The largest absolute Gasteiger partial charge is 0.310 e. The van der Waals surface area contributed by atoms with Gasteiger partial charge in [0.1, 0.15) is 5.82 Å². The van der Waals surface area contributed by atoms with Gasteiger partial charge in [0.2, 0.25) is 5.91 Å². The normalized spacial score (nSPS) is 15.5.